The van der Waals surface area contributed by atoms with E-state index in [0.717, 1.165) is 83.1 Å². The number of hydrogen-bond donors (Lipinski definition) is 0. The van der Waals surface area contributed by atoms with E-state index in [1.807, 2.05) is 36.4 Å². The molecule has 9 heteroatoms. The van der Waals surface area contributed by atoms with E-state index >= 15 is 0 Å². The maximum absolute atomic E-state index is 5.36. The molecule has 0 N–H and O–H groups in total. The van der Waals surface area contributed by atoms with Crippen LogP contribution in [0, 0.1) is 0 Å². The van der Waals surface area contributed by atoms with Gasteiger partial charge in [-0.15, -0.1) is 0 Å². The number of hydrogen-bond acceptors (Lipinski definition) is 3. The average molecular weight is 1020 g/mol. The van der Waals surface area contributed by atoms with Gasteiger partial charge in [-0.1, -0.05) is 176 Å². The molecule has 0 radical (unpaired) electrons. The molecule has 0 spiro atoms. The van der Waals surface area contributed by atoms with Gasteiger partial charge in [-0.3, -0.25) is 4.57 Å². The minimum atomic E-state index is 0.542. The van der Waals surface area contributed by atoms with E-state index in [0.29, 0.717) is 17.6 Å². The van der Waals surface area contributed by atoms with Crippen molar-refractivity contribution in [2.75, 3.05) is 0 Å². The van der Waals surface area contributed by atoms with Gasteiger partial charge in [0.1, 0.15) is 0 Å². The molecule has 0 saturated carbocycles. The van der Waals surface area contributed by atoms with Crippen molar-refractivity contribution < 1.29 is 0 Å². The second-order valence-electron chi connectivity index (χ2n) is 20.2. The minimum absolute atomic E-state index is 0.542. The van der Waals surface area contributed by atoms with E-state index in [-0.39, 0.29) is 0 Å². The van der Waals surface area contributed by atoms with Gasteiger partial charge in [-0.25, -0.2) is 4.98 Å². The van der Waals surface area contributed by atoms with E-state index in [4.69, 9.17) is 15.0 Å². The molecule has 0 fully saturated rings. The molecule has 0 saturated heterocycles. The van der Waals surface area contributed by atoms with Gasteiger partial charge in [-0.05, 0) is 82.2 Å². The Labute approximate surface area is 448 Å². The molecule has 78 heavy (non-hydrogen) atoms. The maximum atomic E-state index is 5.36. The molecule has 0 aliphatic carbocycles. The van der Waals surface area contributed by atoms with Crippen LogP contribution in [0.15, 0.2) is 249 Å². The zero-order valence-electron chi connectivity index (χ0n) is 41.8. The summed E-state index contributed by atoms with van der Waals surface area (Å²) in [6, 6.07) is 89.4. The highest BCUT2D eigenvalue weighted by molar-refractivity contribution is 7.15. The van der Waals surface area contributed by atoms with Crippen molar-refractivity contribution in [3.63, 3.8) is 0 Å². The standard InChI is InChI=1S/C69H43N8P/c78-77-62-31-17-13-27-50(62)54-37-36-53-49-26-12-16-30-59(49)75(65(53)66(54)77)46-33-39-61-56(41-46)55-40-45(32-38-60(55)76(61)69-71-67(42-18-4-1-5-19-42)70-68(72-69)43-20-6-2-7-21-43)74-58-29-15-11-25-48(58)52-35-34-51-47-24-10-14-28-57(47)73(63(51)64(52)74)44-22-8-3-9-23-44/h1-41H,78H2. The Bertz CT molecular complexity index is 5280. The van der Waals surface area contributed by atoms with Gasteiger partial charge in [0.05, 0.1) is 55.2 Å². The monoisotopic (exact) mass is 1010 g/mol. The van der Waals surface area contributed by atoms with Crippen molar-refractivity contribution in [1.29, 1.82) is 0 Å². The van der Waals surface area contributed by atoms with E-state index in [9.17, 15) is 0 Å². The summed E-state index contributed by atoms with van der Waals surface area (Å²) in [4.78, 5) is 15.8. The Morgan fingerprint density at radius 1 is 0.244 bits per heavy atom. The Hall–Kier alpha value is -10.1. The van der Waals surface area contributed by atoms with E-state index in [1.54, 1.807) is 0 Å². The lowest BCUT2D eigenvalue weighted by molar-refractivity contribution is 0.953. The predicted molar refractivity (Wildman–Crippen MR) is 326 cm³/mol. The molecule has 1 atom stereocenters. The van der Waals surface area contributed by atoms with E-state index < -0.39 is 0 Å². The summed E-state index contributed by atoms with van der Waals surface area (Å²) in [6.07, 6.45) is 0. The zero-order chi connectivity index (χ0) is 51.2. The lowest BCUT2D eigenvalue weighted by Gasteiger charge is -2.13. The van der Waals surface area contributed by atoms with Crippen molar-refractivity contribution in [3.05, 3.63) is 249 Å². The molecule has 6 heterocycles. The molecule has 0 amide bonds. The molecular weight excluding hydrogens is 972 g/mol. The predicted octanol–water partition coefficient (Wildman–Crippen LogP) is 17.3. The second-order valence-corrected chi connectivity index (χ2v) is 20.8. The first-order chi connectivity index (χ1) is 38.6. The van der Waals surface area contributed by atoms with Crippen LogP contribution in [0.5, 0.6) is 0 Å². The van der Waals surface area contributed by atoms with Crippen molar-refractivity contribution in [1.82, 2.24) is 37.6 Å². The van der Waals surface area contributed by atoms with Gasteiger partial charge in [0.25, 0.3) is 0 Å². The maximum Gasteiger partial charge on any atom is 0.238 e. The Kier molecular flexibility index (Phi) is 9.09. The summed E-state index contributed by atoms with van der Waals surface area (Å²) >= 11 is 0. The first-order valence-corrected chi connectivity index (χ1v) is 26.8. The van der Waals surface area contributed by atoms with Crippen LogP contribution in [0.4, 0.5) is 0 Å². The third-order valence-corrected chi connectivity index (χ3v) is 16.7. The molecule has 1 unspecified atom stereocenters. The zero-order valence-corrected chi connectivity index (χ0v) is 43.0. The van der Waals surface area contributed by atoms with Crippen LogP contribution in [-0.2, 0) is 0 Å². The van der Waals surface area contributed by atoms with Crippen LogP contribution in [0.25, 0.3) is 155 Å². The summed E-state index contributed by atoms with van der Waals surface area (Å²) in [6.45, 7) is 0. The average Bonchev–Trinajstić information content (AvgIpc) is 4.35. The van der Waals surface area contributed by atoms with Crippen LogP contribution in [0.2, 0.25) is 0 Å². The summed E-state index contributed by atoms with van der Waals surface area (Å²) < 4.78 is 11.9. The number of para-hydroxylation sites is 5. The lowest BCUT2D eigenvalue weighted by Crippen LogP contribution is -2.06. The van der Waals surface area contributed by atoms with Gasteiger partial charge in [0.2, 0.25) is 5.95 Å². The van der Waals surface area contributed by atoms with Crippen LogP contribution >= 0.6 is 9.39 Å². The first-order valence-electron chi connectivity index (χ1n) is 26.3. The normalized spacial score (nSPS) is 12.2. The number of nitrogens with zero attached hydrogens (tertiary/aromatic N) is 8. The second kappa shape index (κ2) is 16.4. The van der Waals surface area contributed by atoms with E-state index in [1.165, 1.54) is 54.1 Å². The molecule has 11 aromatic carbocycles. The van der Waals surface area contributed by atoms with Gasteiger partial charge in [-0.2, -0.15) is 9.97 Å². The largest absolute Gasteiger partial charge is 0.323 e. The minimum Gasteiger partial charge on any atom is -0.323 e. The molecule has 364 valence electrons. The van der Waals surface area contributed by atoms with Crippen LogP contribution in [0.1, 0.15) is 0 Å². The fourth-order valence-electron chi connectivity index (χ4n) is 12.8. The Morgan fingerprint density at radius 2 is 0.590 bits per heavy atom. The Morgan fingerprint density at radius 3 is 1.05 bits per heavy atom. The lowest BCUT2D eigenvalue weighted by atomic mass is 10.1. The highest BCUT2D eigenvalue weighted by Crippen LogP contribution is 2.45. The van der Waals surface area contributed by atoms with Gasteiger partial charge in [0, 0.05) is 82.1 Å². The van der Waals surface area contributed by atoms with Crippen molar-refractivity contribution >= 4 is 118 Å². The SMILES string of the molecule is Pn1c2ccccc2c2ccc3c4ccccc4n(-c4ccc5c(c4)c4cc(-n6c7ccccc7c7ccc8c9ccccc9n(-c9ccccc9)c8c76)ccc4n5-c4nc(-c5ccccc5)nc(-c5ccccc5)n4)c3c21. The fourth-order valence-corrected chi connectivity index (χ4v) is 13.3. The smallest absolute Gasteiger partial charge is 0.238 e. The number of benzene rings is 11. The van der Waals surface area contributed by atoms with Crippen LogP contribution in [-0.4, -0.2) is 37.6 Å². The molecule has 0 bridgehead atoms. The highest BCUT2D eigenvalue weighted by atomic mass is 31.0. The molecule has 0 aliphatic rings. The topological polar surface area (TPSA) is 63.3 Å². The molecule has 17 rings (SSSR count). The highest BCUT2D eigenvalue weighted by Gasteiger charge is 2.25. The summed E-state index contributed by atoms with van der Waals surface area (Å²) in [5, 5.41) is 11.8. The first kappa shape index (κ1) is 43.1. The summed E-state index contributed by atoms with van der Waals surface area (Å²) in [5.41, 5.74) is 16.3. The van der Waals surface area contributed by atoms with Gasteiger partial charge < -0.3 is 18.0 Å². The van der Waals surface area contributed by atoms with Crippen molar-refractivity contribution in [2.24, 2.45) is 0 Å². The summed E-state index contributed by atoms with van der Waals surface area (Å²) in [7, 11) is 3.03. The van der Waals surface area contributed by atoms with E-state index in [2.05, 4.69) is 244 Å². The number of rotatable bonds is 6. The molecule has 0 aliphatic heterocycles. The quantitative estimate of drug-likeness (QED) is 0.156. The third kappa shape index (κ3) is 6.06. The number of aromatic nitrogens is 8. The Balaban J connectivity index is 1.00. The molecule has 17 aromatic rings. The number of fused-ring (bicyclic) bond motifs is 17. The van der Waals surface area contributed by atoms with Crippen LogP contribution < -0.4 is 0 Å². The molecule has 6 aromatic heterocycles. The fraction of sp³-hybridized carbons (Fsp3) is 0. The van der Waals surface area contributed by atoms with Crippen molar-refractivity contribution in [3.8, 4) is 45.8 Å². The summed E-state index contributed by atoms with van der Waals surface area (Å²) in [5.74, 6) is 1.75. The molecular formula is C69H43N8P. The third-order valence-electron chi connectivity index (χ3n) is 16.1. The van der Waals surface area contributed by atoms with Gasteiger partial charge in [0.15, 0.2) is 11.6 Å². The van der Waals surface area contributed by atoms with Gasteiger partial charge >= 0.3 is 0 Å². The molecule has 8 nitrogen and oxygen atoms in total. The van der Waals surface area contributed by atoms with Crippen molar-refractivity contribution in [2.45, 2.75) is 0 Å². The van der Waals surface area contributed by atoms with Crippen LogP contribution in [0.3, 0.4) is 0 Å².